The van der Waals surface area contributed by atoms with Gasteiger partial charge in [0.2, 0.25) is 0 Å². The number of aliphatic hydroxyl groups is 1. The molecule has 0 aliphatic heterocycles. The van der Waals surface area contributed by atoms with Crippen LogP contribution in [0.15, 0.2) is 91.0 Å². The van der Waals surface area contributed by atoms with E-state index in [1.807, 2.05) is 91.0 Å². The highest BCUT2D eigenvalue weighted by atomic mass is 16.6. The molecule has 7 nitrogen and oxygen atoms in total. The van der Waals surface area contributed by atoms with Gasteiger partial charge in [0.15, 0.2) is 0 Å². The second-order valence-electron chi connectivity index (χ2n) is 10.2. The molecule has 1 N–H and O–H groups in total. The first kappa shape index (κ1) is 31.7. The van der Waals surface area contributed by atoms with Crippen molar-refractivity contribution in [2.24, 2.45) is 0 Å². The molecule has 2 amide bonds. The van der Waals surface area contributed by atoms with Gasteiger partial charge < -0.3 is 24.4 Å². The van der Waals surface area contributed by atoms with Gasteiger partial charge in [0.1, 0.15) is 13.2 Å². The quantitative estimate of drug-likeness (QED) is 0.167. The van der Waals surface area contributed by atoms with E-state index in [2.05, 4.69) is 0 Å². The largest absolute Gasteiger partial charge is 0.445 e. The molecular weight excluding hydrogens is 516 g/mol. The molecule has 0 atom stereocenters. The van der Waals surface area contributed by atoms with Crippen LogP contribution in [-0.4, -0.2) is 53.3 Å². The zero-order chi connectivity index (χ0) is 29.0. The Bertz CT molecular complexity index is 1110. The third-order valence-electron chi connectivity index (χ3n) is 6.84. The fraction of sp³-hybridized carbons (Fsp3) is 0.412. The summed E-state index contributed by atoms with van der Waals surface area (Å²) in [5.41, 5.74) is 2.99. The second-order valence-corrected chi connectivity index (χ2v) is 10.2. The highest BCUT2D eigenvalue weighted by Gasteiger charge is 2.17. The van der Waals surface area contributed by atoms with E-state index in [-0.39, 0.29) is 32.0 Å². The van der Waals surface area contributed by atoms with Crippen molar-refractivity contribution < 1.29 is 24.2 Å². The number of benzene rings is 3. The first-order chi connectivity index (χ1) is 20.2. The van der Waals surface area contributed by atoms with Gasteiger partial charge >= 0.3 is 12.2 Å². The molecule has 220 valence electrons. The lowest BCUT2D eigenvalue weighted by Crippen LogP contribution is -2.33. The standard InChI is InChI=1S/C34H44N2O5/c37-26-16-6-15-24-35(33(38)40-28-31-19-9-4-10-20-31)23-13-1-2-14-25-36(27-30-17-7-3-8-18-30)34(39)41-29-32-21-11-5-12-22-32/h3-5,7-12,17-22,37H,1-2,6,13-16,23-29H2. The Labute approximate surface area is 244 Å². The van der Waals surface area contributed by atoms with Crippen molar-refractivity contribution in [2.45, 2.75) is 64.7 Å². The average molecular weight is 561 g/mol. The fourth-order valence-electron chi connectivity index (χ4n) is 4.50. The maximum atomic E-state index is 12.9. The molecule has 0 heterocycles. The van der Waals surface area contributed by atoms with Crippen LogP contribution in [0.25, 0.3) is 0 Å². The van der Waals surface area contributed by atoms with Gasteiger partial charge in [0.05, 0.1) is 0 Å². The van der Waals surface area contributed by atoms with E-state index < -0.39 is 0 Å². The summed E-state index contributed by atoms with van der Waals surface area (Å²) in [6, 6.07) is 29.3. The summed E-state index contributed by atoms with van der Waals surface area (Å²) < 4.78 is 11.2. The summed E-state index contributed by atoms with van der Waals surface area (Å²) in [5, 5.41) is 9.08. The number of aliphatic hydroxyl groups excluding tert-OH is 1. The molecule has 0 radical (unpaired) electrons. The van der Waals surface area contributed by atoms with Crippen LogP contribution in [0.3, 0.4) is 0 Å². The normalized spacial score (nSPS) is 10.7. The third-order valence-corrected chi connectivity index (χ3v) is 6.84. The van der Waals surface area contributed by atoms with E-state index in [0.717, 1.165) is 61.6 Å². The van der Waals surface area contributed by atoms with Crippen molar-refractivity contribution in [2.75, 3.05) is 26.2 Å². The molecule has 0 unspecified atom stereocenters. The van der Waals surface area contributed by atoms with Crippen molar-refractivity contribution >= 4 is 12.2 Å². The van der Waals surface area contributed by atoms with Crippen LogP contribution in [0.1, 0.15) is 61.6 Å². The van der Waals surface area contributed by atoms with E-state index in [4.69, 9.17) is 14.6 Å². The van der Waals surface area contributed by atoms with Crippen molar-refractivity contribution in [1.82, 2.24) is 9.80 Å². The summed E-state index contributed by atoms with van der Waals surface area (Å²) in [7, 11) is 0. The summed E-state index contributed by atoms with van der Waals surface area (Å²) in [6.45, 7) is 3.02. The number of carbonyl (C=O) groups excluding carboxylic acids is 2. The van der Waals surface area contributed by atoms with Crippen LogP contribution in [-0.2, 0) is 29.2 Å². The SMILES string of the molecule is O=C(OCc1ccccc1)N(CCCCCO)CCCCCCN(Cc1ccccc1)C(=O)OCc1ccccc1. The first-order valence-electron chi connectivity index (χ1n) is 14.7. The lowest BCUT2D eigenvalue weighted by Gasteiger charge is -2.23. The third kappa shape index (κ3) is 12.9. The number of unbranched alkanes of at least 4 members (excludes halogenated alkanes) is 5. The molecule has 0 saturated heterocycles. The van der Waals surface area contributed by atoms with Gasteiger partial charge in [0.25, 0.3) is 0 Å². The number of nitrogens with zero attached hydrogens (tertiary/aromatic N) is 2. The summed E-state index contributed by atoms with van der Waals surface area (Å²) in [5.74, 6) is 0. The van der Waals surface area contributed by atoms with E-state index in [1.54, 1.807) is 9.80 Å². The number of hydrogen-bond donors (Lipinski definition) is 1. The zero-order valence-electron chi connectivity index (χ0n) is 24.0. The number of amides is 2. The molecule has 0 aliphatic rings. The molecule has 3 aromatic rings. The zero-order valence-corrected chi connectivity index (χ0v) is 24.0. The van der Waals surface area contributed by atoms with Crippen LogP contribution in [0.5, 0.6) is 0 Å². The van der Waals surface area contributed by atoms with Crippen LogP contribution < -0.4 is 0 Å². The molecule has 7 heteroatoms. The maximum absolute atomic E-state index is 12.9. The van der Waals surface area contributed by atoms with Crippen molar-refractivity contribution in [3.05, 3.63) is 108 Å². The molecule has 0 spiro atoms. The van der Waals surface area contributed by atoms with Gasteiger partial charge in [-0.2, -0.15) is 0 Å². The van der Waals surface area contributed by atoms with Crippen molar-refractivity contribution in [3.8, 4) is 0 Å². The Kier molecular flexibility index (Phi) is 14.9. The van der Waals surface area contributed by atoms with E-state index in [0.29, 0.717) is 26.2 Å². The Morgan fingerprint density at radius 1 is 0.512 bits per heavy atom. The van der Waals surface area contributed by atoms with Crippen LogP contribution in [0.4, 0.5) is 9.59 Å². The summed E-state index contributed by atoms with van der Waals surface area (Å²) >= 11 is 0. The van der Waals surface area contributed by atoms with Gasteiger partial charge in [0, 0.05) is 32.8 Å². The van der Waals surface area contributed by atoms with E-state index >= 15 is 0 Å². The van der Waals surface area contributed by atoms with Gasteiger partial charge in [-0.05, 0) is 48.8 Å². The monoisotopic (exact) mass is 560 g/mol. The predicted octanol–water partition coefficient (Wildman–Crippen LogP) is 7.19. The number of ether oxygens (including phenoxy) is 2. The number of carbonyl (C=O) groups is 2. The predicted molar refractivity (Wildman–Crippen MR) is 161 cm³/mol. The molecule has 0 bridgehead atoms. The van der Waals surface area contributed by atoms with E-state index in [9.17, 15) is 9.59 Å². The molecule has 0 aromatic heterocycles. The molecule has 3 aromatic carbocycles. The molecule has 0 saturated carbocycles. The average Bonchev–Trinajstić information content (AvgIpc) is 3.02. The minimum absolute atomic E-state index is 0.166. The molecular formula is C34H44N2O5. The van der Waals surface area contributed by atoms with Gasteiger partial charge in [-0.1, -0.05) is 104 Å². The Morgan fingerprint density at radius 3 is 1.37 bits per heavy atom. The Balaban J connectivity index is 1.43. The molecule has 0 aliphatic carbocycles. The minimum Gasteiger partial charge on any atom is -0.445 e. The molecule has 41 heavy (non-hydrogen) atoms. The summed E-state index contributed by atoms with van der Waals surface area (Å²) in [6.07, 6.45) is 5.42. The highest BCUT2D eigenvalue weighted by molar-refractivity contribution is 5.68. The number of rotatable bonds is 18. The van der Waals surface area contributed by atoms with Gasteiger partial charge in [-0.3, -0.25) is 0 Å². The smallest absolute Gasteiger partial charge is 0.410 e. The maximum Gasteiger partial charge on any atom is 0.410 e. The van der Waals surface area contributed by atoms with Gasteiger partial charge in [-0.15, -0.1) is 0 Å². The van der Waals surface area contributed by atoms with E-state index in [1.165, 1.54) is 0 Å². The highest BCUT2D eigenvalue weighted by Crippen LogP contribution is 2.12. The second kappa shape index (κ2) is 19.3. The van der Waals surface area contributed by atoms with Gasteiger partial charge in [-0.25, -0.2) is 9.59 Å². The molecule has 0 fully saturated rings. The topological polar surface area (TPSA) is 79.3 Å². The molecule has 3 rings (SSSR count). The van der Waals surface area contributed by atoms with Crippen LogP contribution in [0, 0.1) is 0 Å². The van der Waals surface area contributed by atoms with Crippen molar-refractivity contribution in [3.63, 3.8) is 0 Å². The van der Waals surface area contributed by atoms with Crippen LogP contribution in [0.2, 0.25) is 0 Å². The minimum atomic E-state index is -0.312. The first-order valence-corrected chi connectivity index (χ1v) is 14.7. The summed E-state index contributed by atoms with van der Waals surface area (Å²) in [4.78, 5) is 29.3. The fourth-order valence-corrected chi connectivity index (χ4v) is 4.50. The lowest BCUT2D eigenvalue weighted by molar-refractivity contribution is 0.0915. The van der Waals surface area contributed by atoms with Crippen molar-refractivity contribution in [1.29, 1.82) is 0 Å². The Morgan fingerprint density at radius 2 is 0.902 bits per heavy atom. The lowest BCUT2D eigenvalue weighted by atomic mass is 10.1. The Hall–Kier alpha value is -3.84. The number of hydrogen-bond acceptors (Lipinski definition) is 5. The van der Waals surface area contributed by atoms with Crippen LogP contribution >= 0.6 is 0 Å².